The number of para-hydroxylation sites is 1. The molecule has 32 heavy (non-hydrogen) atoms. The van der Waals surface area contributed by atoms with E-state index in [-0.39, 0.29) is 22.3 Å². The number of thioether (sulfide) groups is 1. The number of hydrogen-bond donors (Lipinski definition) is 2. The zero-order valence-electron chi connectivity index (χ0n) is 16.3. The van der Waals surface area contributed by atoms with Crippen molar-refractivity contribution in [2.75, 3.05) is 11.1 Å². The van der Waals surface area contributed by atoms with E-state index < -0.39 is 17.7 Å². The summed E-state index contributed by atoms with van der Waals surface area (Å²) >= 11 is 8.68. The van der Waals surface area contributed by atoms with Gasteiger partial charge in [-0.05, 0) is 23.8 Å². The van der Waals surface area contributed by atoms with Crippen molar-refractivity contribution in [3.05, 3.63) is 69.7 Å². The molecule has 2 aromatic carbocycles. The van der Waals surface area contributed by atoms with Crippen LogP contribution in [0.1, 0.15) is 11.5 Å². The van der Waals surface area contributed by atoms with Crippen LogP contribution in [0.25, 0.3) is 10.2 Å². The van der Waals surface area contributed by atoms with Crippen LogP contribution in [0, 0.1) is 28.6 Å². The second-order valence-corrected chi connectivity index (χ2v) is 9.20. The second kappa shape index (κ2) is 9.41. The van der Waals surface area contributed by atoms with Gasteiger partial charge in [0.25, 0.3) is 0 Å². The Morgan fingerprint density at radius 1 is 1.22 bits per heavy atom. The molecule has 0 fully saturated rings. The van der Waals surface area contributed by atoms with Crippen molar-refractivity contribution >= 4 is 61.9 Å². The molecule has 3 aromatic rings. The number of hydrogen-bond acceptors (Lipinski definition) is 7. The number of nitrogens with zero attached hydrogens (tertiary/aromatic N) is 3. The van der Waals surface area contributed by atoms with Gasteiger partial charge in [0.2, 0.25) is 11.8 Å². The second-order valence-electron chi connectivity index (χ2n) is 6.77. The number of carbonyl (C=O) groups is 2. The first kappa shape index (κ1) is 21.8. The Bertz CT molecular complexity index is 1300. The summed E-state index contributed by atoms with van der Waals surface area (Å²) in [7, 11) is 0. The maximum atomic E-state index is 12.6. The lowest BCUT2D eigenvalue weighted by atomic mass is 9.79. The Morgan fingerprint density at radius 2 is 1.97 bits per heavy atom. The molecule has 0 saturated heterocycles. The van der Waals surface area contributed by atoms with Crippen LogP contribution in [0.4, 0.5) is 5.13 Å². The number of anilines is 1. The van der Waals surface area contributed by atoms with Crippen LogP contribution in [-0.4, -0.2) is 22.6 Å². The largest absolute Gasteiger partial charge is 0.319 e. The number of fused-ring (bicyclic) bond motifs is 1. The van der Waals surface area contributed by atoms with Gasteiger partial charge >= 0.3 is 0 Å². The zero-order valence-corrected chi connectivity index (χ0v) is 18.7. The summed E-state index contributed by atoms with van der Waals surface area (Å²) in [5.74, 6) is -2.84. The van der Waals surface area contributed by atoms with Gasteiger partial charge in [0.15, 0.2) is 5.13 Å². The van der Waals surface area contributed by atoms with Crippen LogP contribution < -0.4 is 10.6 Å². The minimum Gasteiger partial charge on any atom is -0.319 e. The molecule has 1 aliphatic heterocycles. The third-order valence-electron chi connectivity index (χ3n) is 4.80. The summed E-state index contributed by atoms with van der Waals surface area (Å²) in [6, 6.07) is 18.4. The van der Waals surface area contributed by atoms with Gasteiger partial charge in [-0.2, -0.15) is 10.5 Å². The average Bonchev–Trinajstić information content (AvgIpc) is 3.19. The molecule has 2 N–H and O–H groups in total. The van der Waals surface area contributed by atoms with E-state index in [9.17, 15) is 20.1 Å². The molecule has 1 aliphatic rings. The lowest BCUT2D eigenvalue weighted by Crippen LogP contribution is -2.39. The van der Waals surface area contributed by atoms with Crippen molar-refractivity contribution in [3.63, 3.8) is 0 Å². The Labute approximate surface area is 196 Å². The molecule has 7 nitrogen and oxygen atoms in total. The van der Waals surface area contributed by atoms with Gasteiger partial charge in [0.05, 0.1) is 38.7 Å². The average molecular weight is 480 g/mol. The van der Waals surface area contributed by atoms with Crippen molar-refractivity contribution in [1.29, 1.82) is 10.5 Å². The quantitative estimate of drug-likeness (QED) is 0.559. The first-order valence-corrected chi connectivity index (χ1v) is 11.6. The van der Waals surface area contributed by atoms with Gasteiger partial charge in [-0.25, -0.2) is 4.98 Å². The standard InChI is InChI=1S/C22H14ClN5O2S2/c23-15-6-2-1-5-12(15)19-13(9-24)20(30)28-21(14(19)10-25)31-11-18(29)27-22-26-16-7-3-4-8-17(16)32-22/h1-8,13,19H,11H2,(H,28,30)(H,26,27,29)/t13-,19-/m0/s1. The summed E-state index contributed by atoms with van der Waals surface area (Å²) in [5.41, 5.74) is 1.51. The summed E-state index contributed by atoms with van der Waals surface area (Å²) in [6.07, 6.45) is 0. The highest BCUT2D eigenvalue weighted by Crippen LogP contribution is 2.41. The number of halogens is 1. The minimum atomic E-state index is -1.11. The number of allylic oxidation sites excluding steroid dienone is 1. The van der Waals surface area contributed by atoms with E-state index >= 15 is 0 Å². The first-order chi connectivity index (χ1) is 15.5. The lowest BCUT2D eigenvalue weighted by Gasteiger charge is -2.29. The molecule has 0 bridgehead atoms. The molecule has 0 radical (unpaired) electrons. The van der Waals surface area contributed by atoms with E-state index in [1.807, 2.05) is 30.3 Å². The Kier molecular flexibility index (Phi) is 6.42. The SMILES string of the molecule is N#CC1=C(SCC(=O)Nc2nc3ccccc3s2)NC(=O)[C@@H](C#N)[C@@H]1c1ccccc1Cl. The van der Waals surface area contributed by atoms with E-state index in [2.05, 4.69) is 21.7 Å². The molecular weight excluding hydrogens is 466 g/mol. The molecule has 2 atom stereocenters. The number of thiazole rings is 1. The fourth-order valence-electron chi connectivity index (χ4n) is 3.36. The van der Waals surface area contributed by atoms with E-state index in [4.69, 9.17) is 11.6 Å². The zero-order chi connectivity index (χ0) is 22.7. The van der Waals surface area contributed by atoms with Crippen molar-refractivity contribution in [3.8, 4) is 12.1 Å². The summed E-state index contributed by atoms with van der Waals surface area (Å²) in [4.78, 5) is 29.4. The predicted molar refractivity (Wildman–Crippen MR) is 125 cm³/mol. The molecule has 0 aliphatic carbocycles. The number of rotatable bonds is 5. The maximum absolute atomic E-state index is 12.6. The van der Waals surface area contributed by atoms with Gasteiger partial charge < -0.3 is 10.6 Å². The summed E-state index contributed by atoms with van der Waals surface area (Å²) < 4.78 is 0.953. The monoisotopic (exact) mass is 479 g/mol. The van der Waals surface area contributed by atoms with Gasteiger partial charge in [-0.15, -0.1) is 0 Å². The highest BCUT2D eigenvalue weighted by atomic mass is 35.5. The smallest absolute Gasteiger partial charge is 0.243 e. The number of carbonyl (C=O) groups excluding carboxylic acids is 2. The molecule has 0 unspecified atom stereocenters. The predicted octanol–water partition coefficient (Wildman–Crippen LogP) is 4.41. The van der Waals surface area contributed by atoms with Crippen LogP contribution >= 0.6 is 34.7 Å². The van der Waals surface area contributed by atoms with Crippen LogP contribution in [0.2, 0.25) is 5.02 Å². The van der Waals surface area contributed by atoms with E-state index in [0.29, 0.717) is 15.7 Å². The molecule has 2 heterocycles. The lowest BCUT2D eigenvalue weighted by molar-refractivity contribution is -0.123. The Hall–Kier alpha value is -3.37. The molecular formula is C22H14ClN5O2S2. The first-order valence-electron chi connectivity index (χ1n) is 9.39. The van der Waals surface area contributed by atoms with Gasteiger partial charge in [-0.1, -0.05) is 65.0 Å². The van der Waals surface area contributed by atoms with Crippen LogP contribution in [0.3, 0.4) is 0 Å². The molecule has 2 amide bonds. The third-order valence-corrected chi connectivity index (χ3v) is 7.11. The Balaban J connectivity index is 1.56. The van der Waals surface area contributed by atoms with Crippen molar-refractivity contribution in [2.24, 2.45) is 5.92 Å². The fourth-order valence-corrected chi connectivity index (χ4v) is 5.35. The van der Waals surface area contributed by atoms with Crippen molar-refractivity contribution in [2.45, 2.75) is 5.92 Å². The number of benzene rings is 2. The fraction of sp³-hybridized carbons (Fsp3) is 0.136. The highest BCUT2D eigenvalue weighted by Gasteiger charge is 2.40. The number of amides is 2. The van der Waals surface area contributed by atoms with Gasteiger partial charge in [0, 0.05) is 10.9 Å². The van der Waals surface area contributed by atoms with Crippen molar-refractivity contribution in [1.82, 2.24) is 10.3 Å². The molecule has 0 saturated carbocycles. The van der Waals surface area contributed by atoms with Gasteiger partial charge in [-0.3, -0.25) is 9.59 Å². The third kappa shape index (κ3) is 4.32. The highest BCUT2D eigenvalue weighted by molar-refractivity contribution is 8.03. The maximum Gasteiger partial charge on any atom is 0.243 e. The van der Waals surface area contributed by atoms with E-state index in [1.54, 1.807) is 24.3 Å². The van der Waals surface area contributed by atoms with E-state index in [1.165, 1.54) is 11.3 Å². The number of aromatic nitrogens is 1. The van der Waals surface area contributed by atoms with E-state index in [0.717, 1.165) is 22.0 Å². The summed E-state index contributed by atoms with van der Waals surface area (Å²) in [6.45, 7) is 0. The van der Waals surface area contributed by atoms with Crippen LogP contribution in [0.15, 0.2) is 59.1 Å². The minimum absolute atomic E-state index is 0.0524. The van der Waals surface area contributed by atoms with Crippen LogP contribution in [-0.2, 0) is 9.59 Å². The number of nitrogens with one attached hydrogen (secondary N) is 2. The number of nitriles is 2. The molecule has 1 aromatic heterocycles. The van der Waals surface area contributed by atoms with Crippen LogP contribution in [0.5, 0.6) is 0 Å². The molecule has 10 heteroatoms. The molecule has 158 valence electrons. The molecule has 4 rings (SSSR count). The van der Waals surface area contributed by atoms with Gasteiger partial charge in [0.1, 0.15) is 5.92 Å². The normalized spacial score (nSPS) is 18.0. The summed E-state index contributed by atoms with van der Waals surface area (Å²) in [5, 5.41) is 25.8. The Morgan fingerprint density at radius 3 is 2.69 bits per heavy atom. The topological polar surface area (TPSA) is 119 Å². The van der Waals surface area contributed by atoms with Crippen molar-refractivity contribution < 1.29 is 9.59 Å². The molecule has 0 spiro atoms.